The van der Waals surface area contributed by atoms with Crippen molar-refractivity contribution in [3.63, 3.8) is 0 Å². The smallest absolute Gasteiger partial charge is 0.0654 e. The largest absolute Gasteiger partial charge is 0.334 e. The highest BCUT2D eigenvalue weighted by Crippen LogP contribution is 2.49. The lowest BCUT2D eigenvalue weighted by molar-refractivity contribution is 0.899. The summed E-state index contributed by atoms with van der Waals surface area (Å²) in [6.07, 6.45) is 1.85. The van der Waals surface area contributed by atoms with Crippen LogP contribution in [0.15, 0.2) is 79.5 Å². The summed E-state index contributed by atoms with van der Waals surface area (Å²) in [4.78, 5) is 9.32. The Balaban J connectivity index is 1.83. The molecule has 1 aromatic heterocycles. The molecular formula is C18H12Br2N2S. The van der Waals surface area contributed by atoms with Crippen LogP contribution in [0, 0.1) is 0 Å². The summed E-state index contributed by atoms with van der Waals surface area (Å²) in [5, 5.41) is 0. The molecule has 1 aliphatic heterocycles. The van der Waals surface area contributed by atoms with Gasteiger partial charge in [0.15, 0.2) is 0 Å². The maximum atomic E-state index is 4.49. The molecule has 2 heterocycles. The van der Waals surface area contributed by atoms with Crippen molar-refractivity contribution in [2.24, 2.45) is 0 Å². The van der Waals surface area contributed by atoms with Crippen LogP contribution in [0.5, 0.6) is 0 Å². The van der Waals surface area contributed by atoms with Gasteiger partial charge in [-0.3, -0.25) is 4.98 Å². The lowest BCUT2D eigenvalue weighted by Crippen LogP contribution is -2.20. The molecule has 0 saturated heterocycles. The van der Waals surface area contributed by atoms with E-state index < -0.39 is 0 Å². The predicted octanol–water partition coefficient (Wildman–Crippen LogP) is 6.41. The normalized spacial score (nSPS) is 12.7. The zero-order valence-corrected chi connectivity index (χ0v) is 16.0. The molecule has 0 fully saturated rings. The maximum absolute atomic E-state index is 4.49. The van der Waals surface area contributed by atoms with Crippen molar-refractivity contribution >= 4 is 55.0 Å². The van der Waals surface area contributed by atoms with E-state index >= 15 is 0 Å². The summed E-state index contributed by atoms with van der Waals surface area (Å²) < 4.78 is 2.19. The van der Waals surface area contributed by atoms with Crippen molar-refractivity contribution in [3.05, 3.63) is 75.4 Å². The van der Waals surface area contributed by atoms with Crippen molar-refractivity contribution in [3.8, 4) is 0 Å². The minimum atomic E-state index is 0.755. The standard InChI is InChI=1S/C18H12Br2N2S/c19-12-4-6-15-17(9-12)23-18-10-13(20)5-7-16(18)22(15)11-14-3-1-2-8-21-14/h1-10H,11H2. The van der Waals surface area contributed by atoms with Crippen LogP contribution in [0.25, 0.3) is 0 Å². The molecule has 3 aromatic rings. The Labute approximate surface area is 156 Å². The zero-order valence-electron chi connectivity index (χ0n) is 12.0. The van der Waals surface area contributed by atoms with E-state index in [4.69, 9.17) is 0 Å². The molecule has 5 heteroatoms. The summed E-state index contributed by atoms with van der Waals surface area (Å²) in [5.74, 6) is 0. The van der Waals surface area contributed by atoms with Gasteiger partial charge in [-0.1, -0.05) is 49.7 Å². The number of pyridine rings is 1. The fourth-order valence-electron chi connectivity index (χ4n) is 2.66. The van der Waals surface area contributed by atoms with Crippen LogP contribution in [0.2, 0.25) is 0 Å². The number of halogens is 2. The number of hydrogen-bond donors (Lipinski definition) is 0. The molecule has 0 aliphatic carbocycles. The van der Waals surface area contributed by atoms with Gasteiger partial charge in [-0.05, 0) is 48.5 Å². The summed E-state index contributed by atoms with van der Waals surface area (Å²) in [6, 6.07) is 18.9. The first-order chi connectivity index (χ1) is 11.2. The second-order valence-corrected chi connectivity index (χ2v) is 8.15. The molecule has 0 amide bonds. The minimum Gasteiger partial charge on any atom is -0.334 e. The van der Waals surface area contributed by atoms with Gasteiger partial charge in [-0.2, -0.15) is 0 Å². The molecule has 0 spiro atoms. The number of nitrogens with zero attached hydrogens (tertiary/aromatic N) is 2. The Kier molecular flexibility index (Phi) is 4.18. The van der Waals surface area contributed by atoms with E-state index in [0.717, 1.165) is 21.2 Å². The molecule has 114 valence electrons. The highest BCUT2D eigenvalue weighted by atomic mass is 79.9. The van der Waals surface area contributed by atoms with Gasteiger partial charge in [-0.25, -0.2) is 0 Å². The summed E-state index contributed by atoms with van der Waals surface area (Å²) in [5.41, 5.74) is 3.50. The van der Waals surface area contributed by atoms with Crippen LogP contribution < -0.4 is 4.90 Å². The fraction of sp³-hybridized carbons (Fsp3) is 0.0556. The van der Waals surface area contributed by atoms with Gasteiger partial charge >= 0.3 is 0 Å². The van der Waals surface area contributed by atoms with Crippen molar-refractivity contribution in [2.45, 2.75) is 16.3 Å². The second-order valence-electron chi connectivity index (χ2n) is 5.23. The minimum absolute atomic E-state index is 0.755. The summed E-state index contributed by atoms with van der Waals surface area (Å²) in [7, 11) is 0. The number of fused-ring (bicyclic) bond motifs is 2. The first kappa shape index (κ1) is 15.2. The molecule has 23 heavy (non-hydrogen) atoms. The van der Waals surface area contributed by atoms with E-state index in [0.29, 0.717) is 0 Å². The molecule has 2 nitrogen and oxygen atoms in total. The van der Waals surface area contributed by atoms with Crippen LogP contribution in [0.1, 0.15) is 5.69 Å². The zero-order chi connectivity index (χ0) is 15.8. The van der Waals surface area contributed by atoms with E-state index in [1.807, 2.05) is 18.3 Å². The lowest BCUT2D eigenvalue weighted by atomic mass is 10.2. The van der Waals surface area contributed by atoms with Crippen molar-refractivity contribution in [1.82, 2.24) is 4.98 Å². The highest BCUT2D eigenvalue weighted by molar-refractivity contribution is 9.10. The number of rotatable bonds is 2. The lowest BCUT2D eigenvalue weighted by Gasteiger charge is -2.32. The van der Waals surface area contributed by atoms with Gasteiger partial charge in [0.25, 0.3) is 0 Å². The Morgan fingerprint density at radius 3 is 2.09 bits per heavy atom. The molecule has 0 radical (unpaired) electrons. The first-order valence-corrected chi connectivity index (χ1v) is 9.55. The van der Waals surface area contributed by atoms with Crippen LogP contribution in [-0.2, 0) is 6.54 Å². The van der Waals surface area contributed by atoms with E-state index in [-0.39, 0.29) is 0 Å². The van der Waals surface area contributed by atoms with Gasteiger partial charge in [0.2, 0.25) is 0 Å². The van der Waals surface area contributed by atoms with Crippen molar-refractivity contribution < 1.29 is 0 Å². The van der Waals surface area contributed by atoms with Crippen LogP contribution in [-0.4, -0.2) is 4.98 Å². The molecule has 0 saturated carbocycles. The number of aromatic nitrogens is 1. The Bertz CT molecular complexity index is 817. The maximum Gasteiger partial charge on any atom is 0.0654 e. The third-order valence-corrected chi connectivity index (χ3v) is 5.77. The van der Waals surface area contributed by atoms with E-state index in [2.05, 4.69) is 84.2 Å². The van der Waals surface area contributed by atoms with Crippen molar-refractivity contribution in [1.29, 1.82) is 0 Å². The number of benzene rings is 2. The molecule has 2 aromatic carbocycles. The number of hydrogen-bond acceptors (Lipinski definition) is 3. The predicted molar refractivity (Wildman–Crippen MR) is 102 cm³/mol. The summed E-state index contributed by atoms with van der Waals surface area (Å²) >= 11 is 8.96. The van der Waals surface area contributed by atoms with Gasteiger partial charge in [-0.15, -0.1) is 0 Å². The Morgan fingerprint density at radius 1 is 0.870 bits per heavy atom. The van der Waals surface area contributed by atoms with Gasteiger partial charge in [0, 0.05) is 24.9 Å². The van der Waals surface area contributed by atoms with E-state index in [1.165, 1.54) is 21.2 Å². The Hall–Kier alpha value is -1.30. The molecule has 0 unspecified atom stereocenters. The summed E-state index contributed by atoms with van der Waals surface area (Å²) in [6.45, 7) is 0.755. The highest BCUT2D eigenvalue weighted by Gasteiger charge is 2.24. The Morgan fingerprint density at radius 2 is 1.52 bits per heavy atom. The number of anilines is 2. The first-order valence-electron chi connectivity index (χ1n) is 7.15. The average Bonchev–Trinajstić information content (AvgIpc) is 2.55. The van der Waals surface area contributed by atoms with Gasteiger partial charge < -0.3 is 4.90 Å². The average molecular weight is 448 g/mol. The molecule has 1 aliphatic rings. The van der Waals surface area contributed by atoms with E-state index in [9.17, 15) is 0 Å². The van der Waals surface area contributed by atoms with Crippen LogP contribution >= 0.6 is 43.6 Å². The molecule has 0 bridgehead atoms. The third kappa shape index (κ3) is 3.05. The van der Waals surface area contributed by atoms with Gasteiger partial charge in [0.05, 0.1) is 23.6 Å². The molecule has 4 rings (SSSR count). The molecule has 0 atom stereocenters. The van der Waals surface area contributed by atoms with E-state index in [1.54, 1.807) is 11.8 Å². The van der Waals surface area contributed by atoms with Gasteiger partial charge in [0.1, 0.15) is 0 Å². The third-order valence-electron chi connectivity index (χ3n) is 3.69. The SMILES string of the molecule is Brc1ccc2c(c1)Sc1cc(Br)ccc1N2Cc1ccccn1. The monoisotopic (exact) mass is 446 g/mol. The topological polar surface area (TPSA) is 16.1 Å². The molecular weight excluding hydrogens is 436 g/mol. The van der Waals surface area contributed by atoms with Crippen LogP contribution in [0.3, 0.4) is 0 Å². The van der Waals surface area contributed by atoms with Crippen molar-refractivity contribution in [2.75, 3.05) is 4.90 Å². The quantitative estimate of drug-likeness (QED) is 0.451. The second kappa shape index (κ2) is 6.30. The van der Waals surface area contributed by atoms with Crippen LogP contribution in [0.4, 0.5) is 11.4 Å². The fourth-order valence-corrected chi connectivity index (χ4v) is 4.86. The molecule has 0 N–H and O–H groups in total.